The van der Waals surface area contributed by atoms with E-state index in [9.17, 15) is 4.79 Å². The molecule has 0 rings (SSSR count). The van der Waals surface area contributed by atoms with Crippen LogP contribution >= 0.6 is 0 Å². The molecule has 2 nitrogen and oxygen atoms in total. The van der Waals surface area contributed by atoms with Crippen LogP contribution in [-0.4, -0.2) is 12.1 Å². The first-order valence-corrected chi connectivity index (χ1v) is 8.44. The van der Waals surface area contributed by atoms with Crippen LogP contribution in [0.4, 0.5) is 0 Å². The molecule has 1 unspecified atom stereocenters. The summed E-state index contributed by atoms with van der Waals surface area (Å²) >= 11 is 0. The standard InChI is InChI=1S/C17H34O2/c1-4-7-9-11-14-16(13-6-3)19-17(18)15-12-10-8-5-2/h16H,4-15H2,1-3H3. The minimum Gasteiger partial charge on any atom is -0.462 e. The van der Waals surface area contributed by atoms with Crippen molar-refractivity contribution >= 4 is 5.97 Å². The summed E-state index contributed by atoms with van der Waals surface area (Å²) in [6.07, 6.45) is 13.5. The quantitative estimate of drug-likeness (QED) is 0.320. The Morgan fingerprint density at radius 2 is 1.42 bits per heavy atom. The monoisotopic (exact) mass is 270 g/mol. The number of ether oxygens (including phenoxy) is 1. The predicted octanol–water partition coefficient (Wildman–Crippen LogP) is 5.64. The molecule has 0 radical (unpaired) electrons. The van der Waals surface area contributed by atoms with Gasteiger partial charge in [0.25, 0.3) is 0 Å². The van der Waals surface area contributed by atoms with E-state index in [2.05, 4.69) is 20.8 Å². The summed E-state index contributed by atoms with van der Waals surface area (Å²) in [4.78, 5) is 11.8. The van der Waals surface area contributed by atoms with Gasteiger partial charge in [-0.15, -0.1) is 0 Å². The number of rotatable bonds is 13. The number of hydrogen-bond donors (Lipinski definition) is 0. The van der Waals surface area contributed by atoms with Crippen molar-refractivity contribution in [3.63, 3.8) is 0 Å². The van der Waals surface area contributed by atoms with Gasteiger partial charge in [-0.3, -0.25) is 4.79 Å². The van der Waals surface area contributed by atoms with Gasteiger partial charge in [0, 0.05) is 6.42 Å². The Morgan fingerprint density at radius 1 is 0.789 bits per heavy atom. The number of esters is 1. The van der Waals surface area contributed by atoms with Crippen molar-refractivity contribution < 1.29 is 9.53 Å². The minimum absolute atomic E-state index is 0.0186. The molecule has 0 bridgehead atoms. The van der Waals surface area contributed by atoms with Crippen LogP contribution in [0.1, 0.15) is 97.8 Å². The van der Waals surface area contributed by atoms with E-state index in [1.165, 1.54) is 38.5 Å². The normalized spacial score (nSPS) is 12.4. The fourth-order valence-corrected chi connectivity index (χ4v) is 2.32. The SMILES string of the molecule is CCCCCCC(=O)OC(CCC)CCCCCC. The average molecular weight is 270 g/mol. The highest BCUT2D eigenvalue weighted by molar-refractivity contribution is 5.69. The largest absolute Gasteiger partial charge is 0.462 e. The van der Waals surface area contributed by atoms with E-state index in [1.54, 1.807) is 0 Å². The van der Waals surface area contributed by atoms with Crippen molar-refractivity contribution in [1.82, 2.24) is 0 Å². The third kappa shape index (κ3) is 12.3. The van der Waals surface area contributed by atoms with Crippen molar-refractivity contribution in [1.29, 1.82) is 0 Å². The Labute approximate surface area is 120 Å². The summed E-state index contributed by atoms with van der Waals surface area (Å²) in [7, 11) is 0. The molecule has 0 aromatic carbocycles. The molecule has 0 spiro atoms. The van der Waals surface area contributed by atoms with Crippen LogP contribution in [0.15, 0.2) is 0 Å². The van der Waals surface area contributed by atoms with Crippen LogP contribution in [-0.2, 0) is 9.53 Å². The van der Waals surface area contributed by atoms with E-state index in [1.807, 2.05) is 0 Å². The number of carbonyl (C=O) groups excluding carboxylic acids is 1. The molecule has 0 heterocycles. The molecular weight excluding hydrogens is 236 g/mol. The second-order valence-electron chi connectivity index (χ2n) is 5.56. The van der Waals surface area contributed by atoms with Crippen LogP contribution < -0.4 is 0 Å². The first kappa shape index (κ1) is 18.5. The number of hydrogen-bond acceptors (Lipinski definition) is 2. The van der Waals surface area contributed by atoms with Gasteiger partial charge in [-0.25, -0.2) is 0 Å². The molecule has 2 heteroatoms. The van der Waals surface area contributed by atoms with E-state index < -0.39 is 0 Å². The zero-order valence-corrected chi connectivity index (χ0v) is 13.4. The minimum atomic E-state index is 0.0186. The van der Waals surface area contributed by atoms with Gasteiger partial charge < -0.3 is 4.74 Å². The fraction of sp³-hybridized carbons (Fsp3) is 0.941. The molecule has 19 heavy (non-hydrogen) atoms. The summed E-state index contributed by atoms with van der Waals surface area (Å²) in [6.45, 7) is 6.57. The van der Waals surface area contributed by atoms with Crippen LogP contribution in [0.5, 0.6) is 0 Å². The lowest BCUT2D eigenvalue weighted by atomic mass is 10.1. The Morgan fingerprint density at radius 3 is 2.00 bits per heavy atom. The first-order chi connectivity index (χ1) is 9.24. The third-order valence-corrected chi connectivity index (χ3v) is 3.52. The smallest absolute Gasteiger partial charge is 0.306 e. The second kappa shape index (κ2) is 13.9. The van der Waals surface area contributed by atoms with Gasteiger partial charge in [0.15, 0.2) is 0 Å². The number of carbonyl (C=O) groups is 1. The Kier molecular flexibility index (Phi) is 13.5. The maximum atomic E-state index is 11.8. The highest BCUT2D eigenvalue weighted by Gasteiger charge is 2.13. The van der Waals surface area contributed by atoms with Crippen molar-refractivity contribution in [2.45, 2.75) is 104 Å². The Hall–Kier alpha value is -0.530. The number of unbranched alkanes of at least 4 members (excludes halogenated alkanes) is 6. The molecule has 0 aliphatic heterocycles. The molecule has 0 aromatic rings. The van der Waals surface area contributed by atoms with Crippen LogP contribution in [0.25, 0.3) is 0 Å². The summed E-state index contributed by atoms with van der Waals surface area (Å²) in [5.41, 5.74) is 0. The van der Waals surface area contributed by atoms with Crippen molar-refractivity contribution in [3.8, 4) is 0 Å². The zero-order valence-electron chi connectivity index (χ0n) is 13.4. The van der Waals surface area contributed by atoms with E-state index in [-0.39, 0.29) is 12.1 Å². The van der Waals surface area contributed by atoms with Gasteiger partial charge >= 0.3 is 5.97 Å². The van der Waals surface area contributed by atoms with Crippen LogP contribution in [0.2, 0.25) is 0 Å². The molecule has 0 aromatic heterocycles. The lowest BCUT2D eigenvalue weighted by Crippen LogP contribution is -2.18. The molecule has 0 saturated carbocycles. The highest BCUT2D eigenvalue weighted by atomic mass is 16.5. The first-order valence-electron chi connectivity index (χ1n) is 8.44. The molecular formula is C17H34O2. The molecule has 114 valence electrons. The molecule has 0 aliphatic carbocycles. The Bertz CT molecular complexity index is 201. The molecule has 0 N–H and O–H groups in total. The zero-order chi connectivity index (χ0) is 14.3. The molecule has 0 fully saturated rings. The summed E-state index contributed by atoms with van der Waals surface area (Å²) in [5, 5.41) is 0. The fourth-order valence-electron chi connectivity index (χ4n) is 2.32. The van der Waals surface area contributed by atoms with Crippen molar-refractivity contribution in [3.05, 3.63) is 0 Å². The van der Waals surface area contributed by atoms with Gasteiger partial charge in [0.05, 0.1) is 0 Å². The van der Waals surface area contributed by atoms with Gasteiger partial charge in [-0.2, -0.15) is 0 Å². The third-order valence-electron chi connectivity index (χ3n) is 3.52. The predicted molar refractivity (Wildman–Crippen MR) is 82.3 cm³/mol. The van der Waals surface area contributed by atoms with E-state index in [0.717, 1.165) is 32.1 Å². The molecule has 0 amide bonds. The van der Waals surface area contributed by atoms with Crippen LogP contribution in [0.3, 0.4) is 0 Å². The summed E-state index contributed by atoms with van der Waals surface area (Å²) < 4.78 is 5.61. The van der Waals surface area contributed by atoms with Crippen LogP contribution in [0, 0.1) is 0 Å². The second-order valence-corrected chi connectivity index (χ2v) is 5.56. The average Bonchev–Trinajstić information content (AvgIpc) is 2.40. The molecule has 0 saturated heterocycles. The van der Waals surface area contributed by atoms with Gasteiger partial charge in [-0.05, 0) is 25.7 Å². The summed E-state index contributed by atoms with van der Waals surface area (Å²) in [6, 6.07) is 0. The summed E-state index contributed by atoms with van der Waals surface area (Å²) in [5.74, 6) is 0.0186. The maximum absolute atomic E-state index is 11.8. The van der Waals surface area contributed by atoms with E-state index >= 15 is 0 Å². The highest BCUT2D eigenvalue weighted by Crippen LogP contribution is 2.14. The van der Waals surface area contributed by atoms with Crippen molar-refractivity contribution in [2.24, 2.45) is 0 Å². The maximum Gasteiger partial charge on any atom is 0.306 e. The van der Waals surface area contributed by atoms with Gasteiger partial charge in [0.1, 0.15) is 6.10 Å². The Balaban J connectivity index is 3.74. The molecule has 1 atom stereocenters. The van der Waals surface area contributed by atoms with E-state index in [4.69, 9.17) is 4.74 Å². The van der Waals surface area contributed by atoms with Crippen molar-refractivity contribution in [2.75, 3.05) is 0 Å². The van der Waals surface area contributed by atoms with Gasteiger partial charge in [0.2, 0.25) is 0 Å². The topological polar surface area (TPSA) is 26.3 Å². The molecule has 0 aliphatic rings. The van der Waals surface area contributed by atoms with Gasteiger partial charge in [-0.1, -0.05) is 65.7 Å². The lowest BCUT2D eigenvalue weighted by Gasteiger charge is -2.17. The van der Waals surface area contributed by atoms with E-state index in [0.29, 0.717) is 6.42 Å². The lowest BCUT2D eigenvalue weighted by molar-refractivity contribution is -0.150.